The van der Waals surface area contributed by atoms with Gasteiger partial charge in [0.05, 0.1) is 6.04 Å². The van der Waals surface area contributed by atoms with Gasteiger partial charge in [0.2, 0.25) is 11.7 Å². The number of pyridine rings is 1. The van der Waals surface area contributed by atoms with Crippen LogP contribution < -0.4 is 16.0 Å². The summed E-state index contributed by atoms with van der Waals surface area (Å²) in [5.74, 6) is -2.00. The van der Waals surface area contributed by atoms with Gasteiger partial charge in [-0.2, -0.15) is 0 Å². The second-order valence-electron chi connectivity index (χ2n) is 8.26. The van der Waals surface area contributed by atoms with Crippen LogP contribution in [0.15, 0.2) is 54.9 Å². The Morgan fingerprint density at radius 2 is 1.59 bits per heavy atom. The number of ketones is 1. The number of nitrogens with zero attached hydrogens (tertiary/aromatic N) is 1. The van der Waals surface area contributed by atoms with Gasteiger partial charge in [0.25, 0.3) is 5.91 Å². The number of hydrogen-bond acceptors (Lipinski definition) is 6. The van der Waals surface area contributed by atoms with Crippen molar-refractivity contribution in [1.29, 1.82) is 0 Å². The molecule has 34 heavy (non-hydrogen) atoms. The van der Waals surface area contributed by atoms with Gasteiger partial charge >= 0.3 is 6.09 Å². The van der Waals surface area contributed by atoms with E-state index in [4.69, 9.17) is 4.74 Å². The molecule has 0 bridgehead atoms. The molecule has 0 aliphatic carbocycles. The summed E-state index contributed by atoms with van der Waals surface area (Å²) in [5, 5.41) is 7.73. The van der Waals surface area contributed by atoms with Crippen molar-refractivity contribution in [2.75, 3.05) is 0 Å². The zero-order valence-corrected chi connectivity index (χ0v) is 19.7. The Morgan fingerprint density at radius 1 is 0.912 bits per heavy atom. The van der Waals surface area contributed by atoms with E-state index in [-0.39, 0.29) is 25.5 Å². The molecular weight excluding hydrogens is 436 g/mol. The molecule has 0 fully saturated rings. The quantitative estimate of drug-likeness (QED) is 0.411. The number of aromatic nitrogens is 1. The molecule has 1 unspecified atom stereocenters. The maximum Gasteiger partial charge on any atom is 0.408 e. The van der Waals surface area contributed by atoms with E-state index in [0.717, 1.165) is 11.1 Å². The van der Waals surface area contributed by atoms with Crippen LogP contribution in [0, 0.1) is 5.92 Å². The largest absolute Gasteiger partial charge is 0.445 e. The monoisotopic (exact) mass is 468 g/mol. The Bertz CT molecular complexity index is 950. The van der Waals surface area contributed by atoms with Crippen LogP contribution in [0.2, 0.25) is 0 Å². The first kappa shape index (κ1) is 26.5. The Balaban J connectivity index is 1.93. The summed E-state index contributed by atoms with van der Waals surface area (Å²) >= 11 is 0. The van der Waals surface area contributed by atoms with Crippen molar-refractivity contribution >= 4 is 23.7 Å². The average molecular weight is 469 g/mol. The van der Waals surface area contributed by atoms with Crippen molar-refractivity contribution in [1.82, 2.24) is 20.9 Å². The SMILES string of the molecule is CCC(NC(=O)[C@H](CC(C)C)NC(=O)OCc1ccccc1)C(=O)C(=O)NCc1ccncc1. The highest BCUT2D eigenvalue weighted by atomic mass is 16.5. The van der Waals surface area contributed by atoms with E-state index < -0.39 is 35.8 Å². The zero-order valence-electron chi connectivity index (χ0n) is 19.7. The molecule has 0 saturated heterocycles. The lowest BCUT2D eigenvalue weighted by Gasteiger charge is -2.23. The number of benzene rings is 1. The van der Waals surface area contributed by atoms with Crippen molar-refractivity contribution in [3.05, 3.63) is 66.0 Å². The lowest BCUT2D eigenvalue weighted by molar-refractivity contribution is -0.140. The number of nitrogens with one attached hydrogen (secondary N) is 3. The maximum absolute atomic E-state index is 12.9. The van der Waals surface area contributed by atoms with Gasteiger partial charge in [-0.1, -0.05) is 51.1 Å². The first-order valence-electron chi connectivity index (χ1n) is 11.3. The number of rotatable bonds is 12. The minimum absolute atomic E-state index is 0.0659. The minimum atomic E-state index is -1.01. The normalized spacial score (nSPS) is 12.4. The van der Waals surface area contributed by atoms with E-state index in [2.05, 4.69) is 20.9 Å². The third-order valence-corrected chi connectivity index (χ3v) is 5.00. The molecule has 1 aromatic carbocycles. The van der Waals surface area contributed by atoms with Gasteiger partial charge in [-0.05, 0) is 42.0 Å². The van der Waals surface area contributed by atoms with Gasteiger partial charge in [-0.25, -0.2) is 4.79 Å². The molecule has 9 nitrogen and oxygen atoms in total. The molecule has 3 N–H and O–H groups in total. The summed E-state index contributed by atoms with van der Waals surface area (Å²) in [6.07, 6.45) is 3.00. The fourth-order valence-corrected chi connectivity index (χ4v) is 3.16. The Morgan fingerprint density at radius 3 is 2.21 bits per heavy atom. The van der Waals surface area contributed by atoms with E-state index in [1.54, 1.807) is 31.5 Å². The summed E-state index contributed by atoms with van der Waals surface area (Å²) in [4.78, 5) is 54.0. The van der Waals surface area contributed by atoms with Crippen LogP contribution in [0.5, 0.6) is 0 Å². The molecule has 9 heteroatoms. The molecule has 0 spiro atoms. The van der Waals surface area contributed by atoms with Crippen molar-refractivity contribution in [2.24, 2.45) is 5.92 Å². The van der Waals surface area contributed by atoms with Gasteiger partial charge in [0.15, 0.2) is 0 Å². The van der Waals surface area contributed by atoms with Gasteiger partial charge in [0.1, 0.15) is 12.6 Å². The third kappa shape index (κ3) is 9.01. The third-order valence-electron chi connectivity index (χ3n) is 5.00. The minimum Gasteiger partial charge on any atom is -0.445 e. The predicted octanol–water partition coefficient (Wildman–Crippen LogP) is 2.50. The summed E-state index contributed by atoms with van der Waals surface area (Å²) < 4.78 is 5.22. The molecule has 0 saturated carbocycles. The molecule has 182 valence electrons. The first-order valence-corrected chi connectivity index (χ1v) is 11.3. The number of carbonyl (C=O) groups is 4. The molecule has 3 amide bonds. The van der Waals surface area contributed by atoms with Gasteiger partial charge in [-0.3, -0.25) is 19.4 Å². The van der Waals surface area contributed by atoms with E-state index in [1.807, 2.05) is 44.2 Å². The highest BCUT2D eigenvalue weighted by molar-refractivity contribution is 6.38. The number of alkyl carbamates (subject to hydrolysis) is 1. The van der Waals surface area contributed by atoms with E-state index in [1.165, 1.54) is 0 Å². The van der Waals surface area contributed by atoms with Gasteiger partial charge in [-0.15, -0.1) is 0 Å². The molecule has 0 aliphatic heterocycles. The van der Waals surface area contributed by atoms with Crippen LogP contribution in [0.3, 0.4) is 0 Å². The summed E-state index contributed by atoms with van der Waals surface area (Å²) in [5.41, 5.74) is 1.61. The Kier molecular flexibility index (Phi) is 10.7. The van der Waals surface area contributed by atoms with Crippen LogP contribution in [0.25, 0.3) is 0 Å². The number of Topliss-reactive ketones (excluding diaryl/α,β-unsaturated/α-hetero) is 1. The average Bonchev–Trinajstić information content (AvgIpc) is 2.84. The topological polar surface area (TPSA) is 126 Å². The molecule has 2 rings (SSSR count). The molecule has 1 aromatic heterocycles. The smallest absolute Gasteiger partial charge is 0.408 e. The second-order valence-corrected chi connectivity index (χ2v) is 8.26. The fraction of sp³-hybridized carbons (Fsp3) is 0.400. The highest BCUT2D eigenvalue weighted by Gasteiger charge is 2.29. The van der Waals surface area contributed by atoms with Crippen LogP contribution in [0.4, 0.5) is 4.79 Å². The number of ether oxygens (including phenoxy) is 1. The van der Waals surface area contributed by atoms with E-state index >= 15 is 0 Å². The van der Waals surface area contributed by atoms with Crippen LogP contribution in [-0.2, 0) is 32.3 Å². The van der Waals surface area contributed by atoms with Crippen molar-refractivity contribution < 1.29 is 23.9 Å². The van der Waals surface area contributed by atoms with E-state index in [9.17, 15) is 19.2 Å². The molecular formula is C25H32N4O5. The number of amides is 3. The zero-order chi connectivity index (χ0) is 24.9. The van der Waals surface area contributed by atoms with E-state index in [0.29, 0.717) is 6.42 Å². The summed E-state index contributed by atoms with van der Waals surface area (Å²) in [7, 11) is 0. The second kappa shape index (κ2) is 13.7. The summed E-state index contributed by atoms with van der Waals surface area (Å²) in [6, 6.07) is 10.7. The van der Waals surface area contributed by atoms with Crippen molar-refractivity contribution in [3.63, 3.8) is 0 Å². The van der Waals surface area contributed by atoms with Crippen molar-refractivity contribution in [2.45, 2.75) is 58.8 Å². The molecule has 0 radical (unpaired) electrons. The first-order chi connectivity index (χ1) is 16.3. The van der Waals surface area contributed by atoms with Crippen LogP contribution in [-0.4, -0.2) is 40.8 Å². The van der Waals surface area contributed by atoms with Crippen LogP contribution >= 0.6 is 0 Å². The number of hydrogen-bond donors (Lipinski definition) is 3. The lowest BCUT2D eigenvalue weighted by atomic mass is 10.0. The molecule has 2 atom stereocenters. The Labute approximate surface area is 199 Å². The highest BCUT2D eigenvalue weighted by Crippen LogP contribution is 2.08. The Hall–Kier alpha value is -3.75. The molecule has 0 aliphatic rings. The standard InChI is InChI=1S/C25H32N4O5/c1-4-20(22(30)24(32)27-15-18-10-12-26-13-11-18)28-23(31)21(14-17(2)3)29-25(33)34-16-19-8-6-5-7-9-19/h5-13,17,20-21H,4,14-16H2,1-3H3,(H,27,32)(H,28,31)(H,29,33)/t20?,21-/m0/s1. The molecule has 1 heterocycles. The van der Waals surface area contributed by atoms with Crippen LogP contribution in [0.1, 0.15) is 44.7 Å². The number of carbonyl (C=O) groups excluding carboxylic acids is 4. The van der Waals surface area contributed by atoms with Gasteiger partial charge < -0.3 is 20.7 Å². The lowest BCUT2D eigenvalue weighted by Crippen LogP contribution is -2.54. The molecule has 2 aromatic rings. The predicted molar refractivity (Wildman–Crippen MR) is 126 cm³/mol. The van der Waals surface area contributed by atoms with Crippen molar-refractivity contribution in [3.8, 4) is 0 Å². The fourth-order valence-electron chi connectivity index (χ4n) is 3.16. The summed E-state index contributed by atoms with van der Waals surface area (Å²) in [6.45, 7) is 5.75. The maximum atomic E-state index is 12.9. The van der Waals surface area contributed by atoms with Gasteiger partial charge in [0, 0.05) is 18.9 Å².